The fourth-order valence-electron chi connectivity index (χ4n) is 0.424. The second-order valence-electron chi connectivity index (χ2n) is 1.66. The van der Waals surface area contributed by atoms with Crippen LogP contribution in [-0.4, -0.2) is 31.3 Å². The molecule has 74 valence electrons. The average Bonchev–Trinajstić information content (AvgIpc) is 2.05. The van der Waals surface area contributed by atoms with Crippen molar-refractivity contribution < 1.29 is 21.8 Å². The molecular weight excluding hydrogens is 215 g/mol. The molecule has 0 N–H and O–H groups in total. The van der Waals surface area contributed by atoms with Crippen molar-refractivity contribution >= 4 is 29.9 Å². The van der Waals surface area contributed by atoms with E-state index in [1.165, 1.54) is 0 Å². The van der Waals surface area contributed by atoms with Crippen LogP contribution in [0.1, 0.15) is 15.1 Å². The first kappa shape index (κ1) is 5.66. The Morgan fingerprint density at radius 3 is 2.58 bits per heavy atom. The Bertz CT molecular complexity index is 274. The highest BCUT2D eigenvalue weighted by Crippen LogP contribution is 2.59. The first-order valence-corrected chi connectivity index (χ1v) is 7.50. The molecule has 3 nitrogen and oxygen atoms in total. The number of rotatable bonds is 7. The molecule has 0 aromatic rings. The molecule has 0 amide bonds. The molecule has 0 radical (unpaired) electrons. The van der Waals surface area contributed by atoms with Gasteiger partial charge in [0.1, 0.15) is 0 Å². The van der Waals surface area contributed by atoms with Gasteiger partial charge in [0, 0.05) is 25.6 Å². The average molecular weight is 236 g/mol. The van der Waals surface area contributed by atoms with E-state index < -0.39 is 20.9 Å². The summed E-state index contributed by atoms with van der Waals surface area (Å²) in [5.41, 5.74) is 0. The summed E-state index contributed by atoms with van der Waals surface area (Å²) >= 11 is 2.14. The SMILES string of the molecule is [2H]C([2H])([2H])OP(=O)(OC([2H])([2H])[2H])SCCSCC. The Balaban J connectivity index is 4.56. The third-order valence-electron chi connectivity index (χ3n) is 0.905. The molecular formula is C6H15O3PS2. The molecule has 0 rings (SSSR count). The summed E-state index contributed by atoms with van der Waals surface area (Å²) in [5.74, 6) is 1.73. The van der Waals surface area contributed by atoms with Crippen LogP contribution in [0.2, 0.25) is 0 Å². The summed E-state index contributed by atoms with van der Waals surface area (Å²) in [6, 6.07) is 0. The van der Waals surface area contributed by atoms with Crippen molar-refractivity contribution in [2.75, 3.05) is 31.3 Å². The molecule has 0 fully saturated rings. The van der Waals surface area contributed by atoms with Crippen molar-refractivity contribution in [2.24, 2.45) is 0 Å². The maximum Gasteiger partial charge on any atom is 0.388 e. The van der Waals surface area contributed by atoms with E-state index in [1.54, 1.807) is 11.8 Å². The van der Waals surface area contributed by atoms with Crippen LogP contribution < -0.4 is 0 Å². The Kier molecular flexibility index (Phi) is 3.43. The molecule has 0 aromatic carbocycles. The van der Waals surface area contributed by atoms with Crippen LogP contribution in [0.25, 0.3) is 0 Å². The lowest BCUT2D eigenvalue weighted by molar-refractivity contribution is 0.295. The normalized spacial score (nSPS) is 21.4. The van der Waals surface area contributed by atoms with E-state index in [1.807, 2.05) is 6.92 Å². The summed E-state index contributed by atoms with van der Waals surface area (Å²) in [6.07, 6.45) is 0. The highest BCUT2D eigenvalue weighted by Gasteiger charge is 2.20. The van der Waals surface area contributed by atoms with Gasteiger partial charge in [-0.05, 0) is 17.1 Å². The second kappa shape index (κ2) is 7.27. The van der Waals surface area contributed by atoms with Crippen molar-refractivity contribution in [3.05, 3.63) is 0 Å². The molecule has 0 saturated heterocycles. The minimum absolute atomic E-state index is 0.280. The molecule has 0 aromatic heterocycles. The summed E-state index contributed by atoms with van der Waals surface area (Å²) in [4.78, 5) is 0. The Morgan fingerprint density at radius 1 is 1.42 bits per heavy atom. The van der Waals surface area contributed by atoms with Crippen LogP contribution in [0.5, 0.6) is 0 Å². The summed E-state index contributed by atoms with van der Waals surface area (Å²) in [6.45, 7) is -2.29. The lowest BCUT2D eigenvalue weighted by Crippen LogP contribution is -1.88. The van der Waals surface area contributed by atoms with E-state index >= 15 is 0 Å². The Labute approximate surface area is 90.7 Å². The standard InChI is InChI=1S/C6H15O3PS2/c1-4-11-5-6-12-10(7,8-2)9-3/h4-6H2,1-3H3/i2D3,3D3. The predicted molar refractivity (Wildman–Crippen MR) is 57.1 cm³/mol. The second-order valence-corrected chi connectivity index (χ2v) is 7.10. The van der Waals surface area contributed by atoms with E-state index in [0.29, 0.717) is 17.1 Å². The minimum Gasteiger partial charge on any atom is -0.304 e. The van der Waals surface area contributed by atoms with Crippen LogP contribution in [0.4, 0.5) is 0 Å². The predicted octanol–water partition coefficient (Wildman–Crippen LogP) is 2.87. The van der Waals surface area contributed by atoms with Crippen molar-refractivity contribution in [3.63, 3.8) is 0 Å². The third kappa shape index (κ3) is 5.49. The van der Waals surface area contributed by atoms with Gasteiger partial charge in [0.05, 0.1) is 8.22 Å². The molecule has 0 aliphatic rings. The minimum atomic E-state index is -4.22. The van der Waals surface area contributed by atoms with E-state index in [4.69, 9.17) is 8.22 Å². The van der Waals surface area contributed by atoms with Gasteiger partial charge in [0.2, 0.25) is 0 Å². The largest absolute Gasteiger partial charge is 0.388 e. The van der Waals surface area contributed by atoms with Crippen molar-refractivity contribution in [3.8, 4) is 0 Å². The number of thioether (sulfide) groups is 1. The molecule has 0 atom stereocenters. The van der Waals surface area contributed by atoms with Gasteiger partial charge < -0.3 is 9.05 Å². The fraction of sp³-hybridized carbons (Fsp3) is 1.00. The molecule has 0 spiro atoms. The van der Waals surface area contributed by atoms with Gasteiger partial charge in [-0.2, -0.15) is 11.8 Å². The summed E-state index contributed by atoms with van der Waals surface area (Å²) in [5, 5.41) is 0. The van der Waals surface area contributed by atoms with E-state index in [-0.39, 0.29) is 5.75 Å². The zero-order valence-corrected chi connectivity index (χ0v) is 9.14. The molecule has 0 unspecified atom stereocenters. The highest BCUT2D eigenvalue weighted by atomic mass is 32.7. The topological polar surface area (TPSA) is 35.5 Å². The highest BCUT2D eigenvalue weighted by molar-refractivity contribution is 8.55. The zero-order chi connectivity index (χ0) is 14.4. The van der Waals surface area contributed by atoms with Crippen molar-refractivity contribution in [1.82, 2.24) is 0 Å². The monoisotopic (exact) mass is 236 g/mol. The van der Waals surface area contributed by atoms with Gasteiger partial charge >= 0.3 is 6.80 Å². The van der Waals surface area contributed by atoms with E-state index in [0.717, 1.165) is 5.75 Å². The molecule has 0 heterocycles. The first-order chi connectivity index (χ1) is 7.97. The summed E-state index contributed by atoms with van der Waals surface area (Å²) in [7, 11) is -5.93. The molecule has 0 saturated carbocycles. The number of hydrogen-bond donors (Lipinski definition) is 0. The van der Waals surface area contributed by atoms with Gasteiger partial charge in [-0.3, -0.25) is 0 Å². The lowest BCUT2D eigenvalue weighted by Gasteiger charge is -2.11. The van der Waals surface area contributed by atoms with Gasteiger partial charge in [0.15, 0.2) is 0 Å². The maximum absolute atomic E-state index is 12.0. The van der Waals surface area contributed by atoms with Crippen LogP contribution in [0.3, 0.4) is 0 Å². The molecule has 6 heteroatoms. The van der Waals surface area contributed by atoms with Crippen molar-refractivity contribution in [1.29, 1.82) is 0 Å². The molecule has 0 bridgehead atoms. The molecule has 0 aliphatic carbocycles. The zero-order valence-electron chi connectivity index (χ0n) is 12.6. The van der Waals surface area contributed by atoms with Crippen LogP contribution in [0, 0.1) is 0 Å². The molecule has 12 heavy (non-hydrogen) atoms. The fourth-order valence-corrected chi connectivity index (χ4v) is 3.51. The first-order valence-electron chi connectivity index (χ1n) is 6.21. The van der Waals surface area contributed by atoms with Gasteiger partial charge in [-0.25, -0.2) is 4.57 Å². The Morgan fingerprint density at radius 2 is 2.08 bits per heavy atom. The van der Waals surface area contributed by atoms with Crippen LogP contribution >= 0.6 is 29.9 Å². The van der Waals surface area contributed by atoms with E-state index in [2.05, 4.69) is 9.05 Å². The lowest BCUT2D eigenvalue weighted by atomic mass is 10.9. The third-order valence-corrected chi connectivity index (χ3v) is 5.16. The molecule has 0 aliphatic heterocycles. The van der Waals surface area contributed by atoms with Crippen LogP contribution in [-0.2, 0) is 13.6 Å². The maximum atomic E-state index is 12.0. The Hall–Kier alpha value is 0.850. The smallest absolute Gasteiger partial charge is 0.304 e. The van der Waals surface area contributed by atoms with Crippen LogP contribution in [0.15, 0.2) is 0 Å². The van der Waals surface area contributed by atoms with Gasteiger partial charge in [-0.15, -0.1) is 0 Å². The van der Waals surface area contributed by atoms with E-state index in [9.17, 15) is 4.57 Å². The van der Waals surface area contributed by atoms with Gasteiger partial charge in [-0.1, -0.05) is 6.92 Å². The van der Waals surface area contributed by atoms with Crippen molar-refractivity contribution in [2.45, 2.75) is 6.92 Å². The summed E-state index contributed by atoms with van der Waals surface area (Å²) < 4.78 is 61.8. The quantitative estimate of drug-likeness (QED) is 0.501. The number of hydrogen-bond acceptors (Lipinski definition) is 5. The van der Waals surface area contributed by atoms with Gasteiger partial charge in [0.25, 0.3) is 0 Å².